The van der Waals surface area contributed by atoms with Gasteiger partial charge in [-0.15, -0.1) is 0 Å². The molecule has 0 spiro atoms. The van der Waals surface area contributed by atoms with E-state index in [1.54, 1.807) is 18.7 Å². The number of carbonyl (C=O) groups excluding carboxylic acids is 2. The number of thioether (sulfide) groups is 1. The van der Waals surface area contributed by atoms with E-state index in [1.807, 2.05) is 25.2 Å². The minimum Gasteiger partial charge on any atom is -0.468 e. The van der Waals surface area contributed by atoms with Gasteiger partial charge in [-0.1, -0.05) is 37.3 Å². The Bertz CT molecular complexity index is 457. The highest BCUT2D eigenvalue weighted by Crippen LogP contribution is 2.13. The second kappa shape index (κ2) is 19.4. The Morgan fingerprint density at radius 3 is 2.41 bits per heavy atom. The van der Waals surface area contributed by atoms with Gasteiger partial charge in [0.15, 0.2) is 0 Å². The van der Waals surface area contributed by atoms with Gasteiger partial charge in [-0.3, -0.25) is 4.79 Å². The maximum Gasteiger partial charge on any atom is 0.293 e. The third-order valence-corrected chi connectivity index (χ3v) is 4.45. The normalized spacial score (nSPS) is 15.3. The highest BCUT2D eigenvalue weighted by atomic mass is 32.2. The van der Waals surface area contributed by atoms with Gasteiger partial charge in [-0.2, -0.15) is 11.8 Å². The van der Waals surface area contributed by atoms with Crippen molar-refractivity contribution in [1.29, 1.82) is 0 Å². The van der Waals surface area contributed by atoms with Crippen molar-refractivity contribution in [2.75, 3.05) is 39.1 Å². The van der Waals surface area contributed by atoms with Crippen molar-refractivity contribution in [2.24, 2.45) is 0 Å². The summed E-state index contributed by atoms with van der Waals surface area (Å²) in [6.07, 6.45) is 2.55. The molecule has 0 bridgehead atoms. The molecule has 154 valence electrons. The van der Waals surface area contributed by atoms with Crippen LogP contribution in [0.5, 0.6) is 0 Å². The molecule has 2 unspecified atom stereocenters. The first kappa shape index (κ1) is 25.6. The lowest BCUT2D eigenvalue weighted by molar-refractivity contribution is -0.128. The number of hydrogen-bond donors (Lipinski definition) is 2. The molecular formula is C20H34N2O4S. The molecule has 0 aliphatic carbocycles. The molecule has 0 radical (unpaired) electrons. The van der Waals surface area contributed by atoms with Crippen molar-refractivity contribution < 1.29 is 19.1 Å². The number of hydrogen-bond acceptors (Lipinski definition) is 7. The lowest BCUT2D eigenvalue weighted by Crippen LogP contribution is -2.35. The van der Waals surface area contributed by atoms with Gasteiger partial charge in [-0.05, 0) is 32.5 Å². The van der Waals surface area contributed by atoms with Gasteiger partial charge < -0.3 is 24.9 Å². The summed E-state index contributed by atoms with van der Waals surface area (Å²) >= 11 is 1.78. The Morgan fingerprint density at radius 2 is 2.00 bits per heavy atom. The second-order valence-corrected chi connectivity index (χ2v) is 6.79. The third-order valence-electron chi connectivity index (χ3n) is 3.32. The van der Waals surface area contributed by atoms with Crippen molar-refractivity contribution in [1.82, 2.24) is 10.6 Å². The zero-order chi connectivity index (χ0) is 20.2. The fourth-order valence-corrected chi connectivity index (χ4v) is 2.81. The molecule has 6 nitrogen and oxygen atoms in total. The van der Waals surface area contributed by atoms with Crippen LogP contribution >= 0.6 is 11.8 Å². The summed E-state index contributed by atoms with van der Waals surface area (Å²) in [5.74, 6) is 1.76. The minimum atomic E-state index is -0.0621. The summed E-state index contributed by atoms with van der Waals surface area (Å²) in [6.45, 7) is 7.57. The summed E-state index contributed by atoms with van der Waals surface area (Å²) in [5, 5.41) is 6.22. The maximum atomic E-state index is 10.9. The van der Waals surface area contributed by atoms with Crippen LogP contribution in [0.25, 0.3) is 0 Å². The molecule has 1 aromatic carbocycles. The van der Waals surface area contributed by atoms with E-state index in [0.29, 0.717) is 19.2 Å². The molecule has 1 saturated heterocycles. The third kappa shape index (κ3) is 17.7. The quantitative estimate of drug-likeness (QED) is 0.413. The fourth-order valence-electron chi connectivity index (χ4n) is 1.81. The van der Waals surface area contributed by atoms with E-state index in [4.69, 9.17) is 4.74 Å². The highest BCUT2D eigenvalue weighted by Gasteiger charge is 2.23. The van der Waals surface area contributed by atoms with Crippen LogP contribution in [-0.4, -0.2) is 64.0 Å². The fraction of sp³-hybridized carbons (Fsp3) is 0.600. The van der Waals surface area contributed by atoms with E-state index in [-0.39, 0.29) is 6.04 Å². The van der Waals surface area contributed by atoms with Gasteiger partial charge in [0.05, 0.1) is 25.4 Å². The SMILES string of the molecule is CCCNC.CCOC=O.O=CC(CSCc1ccccc1)NCC1CO1. The Morgan fingerprint density at radius 1 is 1.30 bits per heavy atom. The van der Waals surface area contributed by atoms with Crippen LogP contribution in [0.2, 0.25) is 0 Å². The van der Waals surface area contributed by atoms with Gasteiger partial charge in [0, 0.05) is 18.1 Å². The molecule has 2 rings (SSSR count). The molecule has 1 aliphatic heterocycles. The summed E-state index contributed by atoms with van der Waals surface area (Å²) in [6, 6.07) is 10.2. The monoisotopic (exact) mass is 398 g/mol. The van der Waals surface area contributed by atoms with E-state index in [2.05, 4.69) is 34.4 Å². The molecule has 1 aromatic rings. The van der Waals surface area contributed by atoms with E-state index in [0.717, 1.165) is 37.5 Å². The molecule has 2 N–H and O–H groups in total. The van der Waals surface area contributed by atoms with E-state index < -0.39 is 0 Å². The lowest BCUT2D eigenvalue weighted by Gasteiger charge is -2.11. The predicted molar refractivity (Wildman–Crippen MR) is 112 cm³/mol. The number of rotatable bonds is 12. The molecule has 7 heteroatoms. The zero-order valence-electron chi connectivity index (χ0n) is 16.7. The number of ether oxygens (including phenoxy) is 2. The maximum absolute atomic E-state index is 10.9. The van der Waals surface area contributed by atoms with E-state index in [9.17, 15) is 9.59 Å². The molecule has 0 saturated carbocycles. The second-order valence-electron chi connectivity index (χ2n) is 5.76. The molecule has 0 amide bonds. The summed E-state index contributed by atoms with van der Waals surface area (Å²) < 4.78 is 9.24. The average Bonchev–Trinajstić information content (AvgIpc) is 3.52. The Hall–Kier alpha value is -1.41. The van der Waals surface area contributed by atoms with Gasteiger partial charge in [-0.25, -0.2) is 0 Å². The van der Waals surface area contributed by atoms with Crippen LogP contribution in [-0.2, 0) is 24.8 Å². The number of carbonyl (C=O) groups is 2. The number of nitrogens with one attached hydrogen (secondary N) is 2. The number of epoxide rings is 1. The molecule has 0 aromatic heterocycles. The van der Waals surface area contributed by atoms with Crippen molar-refractivity contribution >= 4 is 24.5 Å². The minimum absolute atomic E-state index is 0.0621. The summed E-state index contributed by atoms with van der Waals surface area (Å²) in [4.78, 5) is 20.0. The van der Waals surface area contributed by atoms with Crippen molar-refractivity contribution in [3.05, 3.63) is 35.9 Å². The Balaban J connectivity index is 0.000000563. The van der Waals surface area contributed by atoms with Crippen LogP contribution in [0.1, 0.15) is 25.8 Å². The topological polar surface area (TPSA) is 80.0 Å². The number of benzene rings is 1. The first-order valence-corrected chi connectivity index (χ1v) is 10.5. The molecule has 2 atom stereocenters. The van der Waals surface area contributed by atoms with Crippen LogP contribution in [0, 0.1) is 0 Å². The van der Waals surface area contributed by atoms with Gasteiger partial charge >= 0.3 is 0 Å². The standard InChI is InChI=1S/C13H17NO2S.C4H11N.C3H6O2/c15-7-12(14-6-13-8-16-13)10-17-9-11-4-2-1-3-5-11;1-3-4-5-2;1-2-5-3-4/h1-5,7,12-14H,6,8-10H2;5H,3-4H2,1-2H3;3H,2H2,1H3. The highest BCUT2D eigenvalue weighted by molar-refractivity contribution is 7.98. The van der Waals surface area contributed by atoms with Crippen LogP contribution in [0.3, 0.4) is 0 Å². The molecule has 1 fully saturated rings. The Labute approximate surface area is 167 Å². The van der Waals surface area contributed by atoms with Crippen molar-refractivity contribution in [2.45, 2.75) is 38.2 Å². The molecule has 27 heavy (non-hydrogen) atoms. The molecule has 1 heterocycles. The van der Waals surface area contributed by atoms with Crippen LogP contribution < -0.4 is 10.6 Å². The summed E-state index contributed by atoms with van der Waals surface area (Å²) in [5.41, 5.74) is 1.30. The van der Waals surface area contributed by atoms with Crippen molar-refractivity contribution in [3.63, 3.8) is 0 Å². The smallest absolute Gasteiger partial charge is 0.293 e. The first-order chi connectivity index (χ1) is 13.2. The largest absolute Gasteiger partial charge is 0.468 e. The zero-order valence-corrected chi connectivity index (χ0v) is 17.5. The van der Waals surface area contributed by atoms with E-state index in [1.165, 1.54) is 12.0 Å². The van der Waals surface area contributed by atoms with Gasteiger partial charge in [0.25, 0.3) is 6.47 Å². The van der Waals surface area contributed by atoms with Crippen LogP contribution in [0.15, 0.2) is 30.3 Å². The number of aldehydes is 1. The molecule has 1 aliphatic rings. The average molecular weight is 399 g/mol. The van der Waals surface area contributed by atoms with Gasteiger partial charge in [0.2, 0.25) is 0 Å². The predicted octanol–water partition coefficient (Wildman–Crippen LogP) is 2.27. The first-order valence-electron chi connectivity index (χ1n) is 9.33. The van der Waals surface area contributed by atoms with Crippen LogP contribution in [0.4, 0.5) is 0 Å². The summed E-state index contributed by atoms with van der Waals surface area (Å²) in [7, 11) is 1.96. The van der Waals surface area contributed by atoms with Crippen molar-refractivity contribution in [3.8, 4) is 0 Å². The van der Waals surface area contributed by atoms with Gasteiger partial charge in [0.1, 0.15) is 6.29 Å². The Kier molecular flexibility index (Phi) is 18.3. The lowest BCUT2D eigenvalue weighted by atomic mass is 10.2. The van der Waals surface area contributed by atoms with E-state index >= 15 is 0 Å². The molecular weight excluding hydrogens is 364 g/mol.